The Balaban J connectivity index is 2.17. The highest BCUT2D eigenvalue weighted by Gasteiger charge is 2.14. The van der Waals surface area contributed by atoms with Crippen LogP contribution in [0.1, 0.15) is 22.8 Å². The van der Waals surface area contributed by atoms with Gasteiger partial charge in [0, 0.05) is 0 Å². The first-order valence-electron chi connectivity index (χ1n) is 6.48. The lowest BCUT2D eigenvalue weighted by molar-refractivity contribution is 0.221. The molecule has 94 valence electrons. The van der Waals surface area contributed by atoms with Crippen molar-refractivity contribution in [1.29, 1.82) is 0 Å². The minimum atomic E-state index is -0.577. The Morgan fingerprint density at radius 1 is 0.737 bits per heavy atom. The fourth-order valence-corrected chi connectivity index (χ4v) is 2.55. The number of benzene rings is 3. The van der Waals surface area contributed by atoms with Crippen LogP contribution < -0.4 is 0 Å². The fourth-order valence-electron chi connectivity index (χ4n) is 2.55. The summed E-state index contributed by atoms with van der Waals surface area (Å²) >= 11 is 0. The standard InChI is InChI=1S/C18H16O/c1-13-7-2-4-10-15(13)18(19)17-12-6-9-14-8-3-5-11-16(14)17/h2-12,18-19H,1H3. The summed E-state index contributed by atoms with van der Waals surface area (Å²) in [7, 11) is 0. The van der Waals surface area contributed by atoms with E-state index in [9.17, 15) is 5.11 Å². The van der Waals surface area contributed by atoms with E-state index >= 15 is 0 Å². The molecule has 19 heavy (non-hydrogen) atoms. The van der Waals surface area contributed by atoms with Crippen LogP contribution >= 0.6 is 0 Å². The smallest absolute Gasteiger partial charge is 0.105 e. The number of aryl methyl sites for hydroxylation is 1. The molecule has 0 bridgehead atoms. The maximum atomic E-state index is 10.7. The second kappa shape index (κ2) is 4.87. The van der Waals surface area contributed by atoms with E-state index in [1.807, 2.05) is 55.5 Å². The van der Waals surface area contributed by atoms with Crippen LogP contribution in [0.25, 0.3) is 10.8 Å². The van der Waals surface area contributed by atoms with Crippen molar-refractivity contribution in [2.45, 2.75) is 13.0 Å². The van der Waals surface area contributed by atoms with E-state index in [0.717, 1.165) is 27.5 Å². The highest BCUT2D eigenvalue weighted by atomic mass is 16.3. The Morgan fingerprint density at radius 2 is 1.37 bits per heavy atom. The summed E-state index contributed by atoms with van der Waals surface area (Å²) in [5.74, 6) is 0. The fraction of sp³-hybridized carbons (Fsp3) is 0.111. The Kier molecular flexibility index (Phi) is 3.06. The minimum Gasteiger partial charge on any atom is -0.384 e. The van der Waals surface area contributed by atoms with Crippen LogP contribution in [-0.2, 0) is 0 Å². The lowest BCUT2D eigenvalue weighted by Gasteiger charge is -2.16. The summed E-state index contributed by atoms with van der Waals surface area (Å²) in [5, 5.41) is 12.9. The molecule has 0 amide bonds. The molecule has 0 aromatic heterocycles. The number of rotatable bonds is 2. The highest BCUT2D eigenvalue weighted by Crippen LogP contribution is 2.30. The lowest BCUT2D eigenvalue weighted by Crippen LogP contribution is -2.02. The van der Waals surface area contributed by atoms with E-state index in [1.54, 1.807) is 0 Å². The molecule has 0 heterocycles. The minimum absolute atomic E-state index is 0.577. The van der Waals surface area contributed by atoms with Gasteiger partial charge in [0.15, 0.2) is 0 Å². The molecular formula is C18H16O. The third kappa shape index (κ3) is 2.13. The van der Waals surface area contributed by atoms with Crippen molar-refractivity contribution < 1.29 is 5.11 Å². The van der Waals surface area contributed by atoms with Gasteiger partial charge < -0.3 is 5.11 Å². The maximum absolute atomic E-state index is 10.7. The number of aliphatic hydroxyl groups excluding tert-OH is 1. The van der Waals surface area contributed by atoms with Crippen molar-refractivity contribution >= 4 is 10.8 Å². The van der Waals surface area contributed by atoms with Gasteiger partial charge in [-0.15, -0.1) is 0 Å². The average Bonchev–Trinajstić information content (AvgIpc) is 2.46. The molecule has 1 unspecified atom stereocenters. The van der Waals surface area contributed by atoms with Gasteiger partial charge in [-0.25, -0.2) is 0 Å². The van der Waals surface area contributed by atoms with E-state index in [-0.39, 0.29) is 0 Å². The van der Waals surface area contributed by atoms with Gasteiger partial charge >= 0.3 is 0 Å². The molecular weight excluding hydrogens is 232 g/mol. The van der Waals surface area contributed by atoms with E-state index < -0.39 is 6.10 Å². The summed E-state index contributed by atoms with van der Waals surface area (Å²) in [5.41, 5.74) is 3.05. The van der Waals surface area contributed by atoms with Gasteiger partial charge in [-0.3, -0.25) is 0 Å². The van der Waals surface area contributed by atoms with Gasteiger partial charge in [0.1, 0.15) is 6.10 Å². The zero-order chi connectivity index (χ0) is 13.2. The van der Waals surface area contributed by atoms with Gasteiger partial charge in [-0.05, 0) is 34.4 Å². The molecule has 0 fully saturated rings. The highest BCUT2D eigenvalue weighted by molar-refractivity contribution is 5.86. The SMILES string of the molecule is Cc1ccccc1C(O)c1cccc2ccccc12. The second-order valence-corrected chi connectivity index (χ2v) is 4.83. The Labute approximate surface area is 113 Å². The molecule has 1 atom stereocenters. The van der Waals surface area contributed by atoms with Crippen LogP contribution in [0, 0.1) is 6.92 Å². The van der Waals surface area contributed by atoms with Crippen molar-refractivity contribution in [3.05, 3.63) is 83.4 Å². The zero-order valence-electron chi connectivity index (χ0n) is 10.9. The van der Waals surface area contributed by atoms with Gasteiger partial charge in [0.25, 0.3) is 0 Å². The molecule has 3 aromatic carbocycles. The molecule has 0 saturated carbocycles. The van der Waals surface area contributed by atoms with Crippen molar-refractivity contribution in [1.82, 2.24) is 0 Å². The molecule has 0 aliphatic heterocycles. The molecule has 1 heteroatoms. The van der Waals surface area contributed by atoms with E-state index in [2.05, 4.69) is 18.2 Å². The molecule has 0 aliphatic rings. The number of hydrogen-bond donors (Lipinski definition) is 1. The first-order chi connectivity index (χ1) is 9.27. The van der Waals surface area contributed by atoms with Crippen LogP contribution in [0.4, 0.5) is 0 Å². The molecule has 1 nitrogen and oxygen atoms in total. The lowest BCUT2D eigenvalue weighted by atomic mass is 9.93. The average molecular weight is 248 g/mol. The molecule has 1 N–H and O–H groups in total. The molecule has 0 spiro atoms. The molecule has 3 aromatic rings. The van der Waals surface area contributed by atoms with Crippen LogP contribution in [0.5, 0.6) is 0 Å². The van der Waals surface area contributed by atoms with Gasteiger partial charge in [0.2, 0.25) is 0 Å². The van der Waals surface area contributed by atoms with Crippen LogP contribution in [0.15, 0.2) is 66.7 Å². The van der Waals surface area contributed by atoms with Crippen LogP contribution in [-0.4, -0.2) is 5.11 Å². The van der Waals surface area contributed by atoms with E-state index in [4.69, 9.17) is 0 Å². The number of aliphatic hydroxyl groups is 1. The van der Waals surface area contributed by atoms with Gasteiger partial charge in [-0.1, -0.05) is 66.7 Å². The summed E-state index contributed by atoms with van der Waals surface area (Å²) in [4.78, 5) is 0. The Bertz CT molecular complexity index is 710. The van der Waals surface area contributed by atoms with E-state index in [1.165, 1.54) is 0 Å². The van der Waals surface area contributed by atoms with Crippen LogP contribution in [0.3, 0.4) is 0 Å². The molecule has 0 saturated heterocycles. The van der Waals surface area contributed by atoms with Crippen molar-refractivity contribution in [2.75, 3.05) is 0 Å². The van der Waals surface area contributed by atoms with Crippen molar-refractivity contribution in [3.63, 3.8) is 0 Å². The Morgan fingerprint density at radius 3 is 2.21 bits per heavy atom. The Hall–Kier alpha value is -2.12. The van der Waals surface area contributed by atoms with Crippen LogP contribution in [0.2, 0.25) is 0 Å². The first kappa shape index (κ1) is 11.9. The third-order valence-corrected chi connectivity index (χ3v) is 3.60. The predicted molar refractivity (Wildman–Crippen MR) is 79.2 cm³/mol. The zero-order valence-corrected chi connectivity index (χ0v) is 10.9. The summed E-state index contributed by atoms with van der Waals surface area (Å²) < 4.78 is 0. The van der Waals surface area contributed by atoms with Crippen molar-refractivity contribution in [3.8, 4) is 0 Å². The third-order valence-electron chi connectivity index (χ3n) is 3.60. The van der Waals surface area contributed by atoms with Gasteiger partial charge in [-0.2, -0.15) is 0 Å². The van der Waals surface area contributed by atoms with Crippen molar-refractivity contribution in [2.24, 2.45) is 0 Å². The quantitative estimate of drug-likeness (QED) is 0.719. The number of hydrogen-bond acceptors (Lipinski definition) is 1. The predicted octanol–water partition coefficient (Wildman–Crippen LogP) is 4.23. The normalized spacial score (nSPS) is 12.5. The maximum Gasteiger partial charge on any atom is 0.105 e. The summed E-state index contributed by atoms with van der Waals surface area (Å²) in [6, 6.07) is 22.2. The monoisotopic (exact) mass is 248 g/mol. The topological polar surface area (TPSA) is 20.2 Å². The summed E-state index contributed by atoms with van der Waals surface area (Å²) in [6.07, 6.45) is -0.577. The summed E-state index contributed by atoms with van der Waals surface area (Å²) in [6.45, 7) is 2.03. The van der Waals surface area contributed by atoms with Gasteiger partial charge in [0.05, 0.1) is 0 Å². The molecule has 0 radical (unpaired) electrons. The molecule has 3 rings (SSSR count). The number of fused-ring (bicyclic) bond motifs is 1. The second-order valence-electron chi connectivity index (χ2n) is 4.83. The molecule has 0 aliphatic carbocycles. The first-order valence-corrected chi connectivity index (χ1v) is 6.48. The largest absolute Gasteiger partial charge is 0.384 e. The van der Waals surface area contributed by atoms with E-state index in [0.29, 0.717) is 0 Å².